The lowest BCUT2D eigenvalue weighted by molar-refractivity contribution is 0.394. The molecule has 8 nitrogen and oxygen atoms in total. The van der Waals surface area contributed by atoms with Crippen LogP contribution in [0.5, 0.6) is 0 Å². The minimum Gasteiger partial charge on any atom is -0.303 e. The van der Waals surface area contributed by atoms with Crippen LogP contribution < -0.4 is 0 Å². The van der Waals surface area contributed by atoms with Crippen LogP contribution >= 0.6 is 46.4 Å². The van der Waals surface area contributed by atoms with Crippen LogP contribution in [0.4, 0.5) is 0 Å². The predicted molar refractivity (Wildman–Crippen MR) is 599 cm³/mol. The van der Waals surface area contributed by atoms with Gasteiger partial charge in [0.05, 0.1) is 55.4 Å². The fraction of sp³-hybridized carbons (Fsp3) is 0.311. The quantitative estimate of drug-likeness (QED) is 0.109. The number of halogens is 4. The molecule has 0 N–H and O–H groups in total. The molecule has 12 aromatic carbocycles. The zero-order valence-electron chi connectivity index (χ0n) is 88.1. The van der Waals surface area contributed by atoms with Gasteiger partial charge in [-0.2, -0.15) is 10.2 Å². The molecule has 0 aliphatic heterocycles. The van der Waals surface area contributed by atoms with Gasteiger partial charge in [-0.1, -0.05) is 465 Å². The summed E-state index contributed by atoms with van der Waals surface area (Å²) in [5.74, 6) is 1.84. The van der Waals surface area contributed by atoms with Gasteiger partial charge >= 0.3 is 0 Å². The van der Waals surface area contributed by atoms with Crippen molar-refractivity contribution in [2.45, 2.75) is 260 Å². The van der Waals surface area contributed by atoms with Crippen LogP contribution in [0.25, 0.3) is 95.5 Å². The largest absolute Gasteiger partial charge is 0.303 e. The van der Waals surface area contributed by atoms with Crippen molar-refractivity contribution in [1.82, 2.24) is 38.7 Å². The van der Waals surface area contributed by atoms with E-state index in [1.54, 1.807) is 0 Å². The van der Waals surface area contributed by atoms with Crippen LogP contribution in [-0.4, -0.2) is 38.7 Å². The highest BCUT2D eigenvalue weighted by Crippen LogP contribution is 2.40. The van der Waals surface area contributed by atoms with Gasteiger partial charge < -0.3 is 4.57 Å². The van der Waals surface area contributed by atoms with Crippen LogP contribution in [-0.2, 0) is 11.0 Å². The molecule has 0 bridgehead atoms. The minimum absolute atomic E-state index is 0.332. The number of nitrogens with zero attached hydrogens (tertiary/aromatic N) is 8. The Kier molecular flexibility index (Phi) is 58.8. The monoisotopic (exact) mass is 1880 g/mol. The van der Waals surface area contributed by atoms with Gasteiger partial charge in [0.2, 0.25) is 0 Å². The Hall–Kier alpha value is -11.4. The maximum Gasteiger partial charge on any atom is 0.146 e. The Labute approximate surface area is 832 Å². The summed E-state index contributed by atoms with van der Waals surface area (Å²) >= 11 is 25.8. The molecule has 0 aliphatic rings. The van der Waals surface area contributed by atoms with Crippen molar-refractivity contribution in [3.05, 3.63) is 398 Å². The average Bonchev–Trinajstić information content (AvgIpc) is 1.57. The van der Waals surface area contributed by atoms with Gasteiger partial charge in [-0.15, -0.1) is 0 Å². The molecule has 0 aliphatic carbocycles. The van der Waals surface area contributed by atoms with Crippen molar-refractivity contribution in [3.63, 3.8) is 0 Å². The van der Waals surface area contributed by atoms with Gasteiger partial charge in [0, 0.05) is 50.4 Å². The van der Waals surface area contributed by atoms with E-state index >= 15 is 0 Å². The van der Waals surface area contributed by atoms with E-state index < -0.39 is 0 Å². The zero-order valence-corrected chi connectivity index (χ0v) is 91.1. The number of hydrogen-bond donors (Lipinski definition) is 0. The van der Waals surface area contributed by atoms with Crippen LogP contribution in [0, 0.1) is 55.4 Å². The van der Waals surface area contributed by atoms with E-state index in [2.05, 4.69) is 304 Å². The van der Waals surface area contributed by atoms with Crippen molar-refractivity contribution in [1.29, 1.82) is 0 Å². The maximum atomic E-state index is 6.53. The molecule has 0 fully saturated rings. The van der Waals surface area contributed by atoms with Crippen molar-refractivity contribution >= 4 is 46.4 Å². The van der Waals surface area contributed by atoms with E-state index in [-0.39, 0.29) is 11.0 Å². The zero-order chi connectivity index (χ0) is 101. The van der Waals surface area contributed by atoms with E-state index in [4.69, 9.17) is 56.5 Å². The lowest BCUT2D eigenvalue weighted by atomic mass is 9.83. The molecule has 0 spiro atoms. The normalized spacial score (nSPS) is 9.79. The van der Waals surface area contributed by atoms with Gasteiger partial charge in [0.15, 0.2) is 0 Å². The summed E-state index contributed by atoms with van der Waals surface area (Å²) in [6.45, 7) is 73.2. The van der Waals surface area contributed by atoms with E-state index in [1.807, 2.05) is 290 Å². The summed E-state index contributed by atoms with van der Waals surface area (Å²) in [5.41, 5.74) is 28.5. The van der Waals surface area contributed by atoms with E-state index in [1.165, 1.54) is 66.8 Å². The first-order valence-corrected chi connectivity index (χ1v) is 50.4. The van der Waals surface area contributed by atoms with Gasteiger partial charge in [-0.05, 0) is 217 Å². The molecule has 0 radical (unpaired) electrons. The smallest absolute Gasteiger partial charge is 0.146 e. The Morgan fingerprint density at radius 1 is 0.246 bits per heavy atom. The summed E-state index contributed by atoms with van der Waals surface area (Å²) in [6, 6.07) is 105. The van der Waals surface area contributed by atoms with Gasteiger partial charge in [-0.25, -0.2) is 14.6 Å². The summed E-state index contributed by atoms with van der Waals surface area (Å²) < 4.78 is 8.28. The summed E-state index contributed by atoms with van der Waals surface area (Å²) in [7, 11) is 0. The molecule has 0 atom stereocenters. The number of aromatic nitrogens is 8. The topological polar surface area (TPSA) is 71.3 Å². The van der Waals surface area contributed by atoms with Crippen LogP contribution in [0.2, 0.25) is 20.1 Å². The first-order chi connectivity index (χ1) is 64.9. The molecule has 16 aromatic rings. The number of para-hydroxylation sites is 1. The first kappa shape index (κ1) is 121. The third-order valence-corrected chi connectivity index (χ3v) is 21.0. The predicted octanol–water partition coefficient (Wildman–Crippen LogP) is 39.7. The van der Waals surface area contributed by atoms with Crippen LogP contribution in [0.3, 0.4) is 0 Å². The first-order valence-electron chi connectivity index (χ1n) is 48.9. The summed E-state index contributed by atoms with van der Waals surface area (Å²) in [5, 5.41) is 12.4. The van der Waals surface area contributed by atoms with Crippen molar-refractivity contribution in [2.24, 2.45) is 0 Å². The minimum atomic E-state index is -0.378. The second-order valence-corrected chi connectivity index (χ2v) is 30.7. The fourth-order valence-electron chi connectivity index (χ4n) is 14.1. The third kappa shape index (κ3) is 34.2. The molecule has 12 heteroatoms. The Morgan fingerprint density at radius 3 is 0.933 bits per heavy atom. The molecular formula is C122H160Cl4N8. The van der Waals surface area contributed by atoms with Gasteiger partial charge in [-0.3, -0.25) is 9.25 Å². The second kappa shape index (κ2) is 65.3. The molecule has 0 amide bonds. The second-order valence-electron chi connectivity index (χ2n) is 29.1. The molecular weight excluding hydrogens is 1720 g/mol. The number of rotatable bonds is 14. The van der Waals surface area contributed by atoms with Crippen LogP contribution in [0.15, 0.2) is 316 Å². The summed E-state index contributed by atoms with van der Waals surface area (Å²) in [4.78, 5) is 9.56. The molecule has 716 valence electrons. The fourth-order valence-corrected chi connectivity index (χ4v) is 15.2. The maximum absolute atomic E-state index is 6.53. The number of hydrogen-bond acceptors (Lipinski definition) is 4. The van der Waals surface area contributed by atoms with E-state index in [0.717, 1.165) is 101 Å². The Morgan fingerprint density at radius 2 is 0.552 bits per heavy atom. The molecule has 0 saturated heterocycles. The molecule has 134 heavy (non-hydrogen) atoms. The molecule has 4 aromatic heterocycles. The molecule has 16 rings (SSSR count). The standard InChI is InChI=1S/2C26H25ClN2.2C23H19ClN2.12C2H6/c1-18-8-7-9-22(16-18)20-12-14-21(15-13-20)25-17-19(2)28-29(25)26(3,4)23-10-5-6-11-24(23)27;1-18-8-7-9-21(16-18)20-12-14-22(15-13-20)29-17-19(2)28-25(29)26(3,4)23-10-5-6-11-24(23)27;1-16-6-5-7-20(14-16)18-10-12-19(13-11-18)23-15-17(2)25-26(23)22-9-4-3-8-21(22)24;1-16-6-5-7-19(14-16)18-10-12-20(13-11-18)26-15-17(2)25-23(26)21-8-3-4-9-22(21)24;12*1-2/h2*5-17H,1-4H3;2*3-15H,1-2H3;12*1-2H3. The highest BCUT2D eigenvalue weighted by molar-refractivity contribution is 6.33. The van der Waals surface area contributed by atoms with E-state index in [9.17, 15) is 0 Å². The molecule has 0 unspecified atom stereocenters. The number of benzene rings is 12. The van der Waals surface area contributed by atoms with Crippen LogP contribution in [0.1, 0.15) is 256 Å². The van der Waals surface area contributed by atoms with Gasteiger partial charge in [0.1, 0.15) is 11.6 Å². The average molecular weight is 1880 g/mol. The third-order valence-electron chi connectivity index (χ3n) is 19.7. The Bertz CT molecular complexity index is 5520. The number of imidazole rings is 2. The van der Waals surface area contributed by atoms with Gasteiger partial charge in [0.25, 0.3) is 0 Å². The Balaban J connectivity index is 0.000000829. The number of aryl methyl sites for hydroxylation is 8. The highest BCUT2D eigenvalue weighted by atomic mass is 35.5. The highest BCUT2D eigenvalue weighted by Gasteiger charge is 2.32. The van der Waals surface area contributed by atoms with Crippen molar-refractivity contribution in [2.75, 3.05) is 0 Å². The van der Waals surface area contributed by atoms with Crippen molar-refractivity contribution < 1.29 is 0 Å². The molecule has 4 heterocycles. The van der Waals surface area contributed by atoms with E-state index in [0.29, 0.717) is 10.0 Å². The lowest BCUT2D eigenvalue weighted by Gasteiger charge is -2.29. The van der Waals surface area contributed by atoms with Crippen molar-refractivity contribution in [3.8, 4) is 95.5 Å². The lowest BCUT2D eigenvalue weighted by Crippen LogP contribution is -2.30. The SMILES string of the molecule is CC.CC.CC.CC.CC.CC.CC.CC.CC.CC.CC.CC.Cc1cccc(-c2ccc(-c3cc(C)nn3-c3ccccc3Cl)cc2)c1.Cc1cccc(-c2ccc(-c3cc(C)nn3C(C)(C)c3ccccc3Cl)cc2)c1.Cc1cccc(-c2ccc(-n3cc(C)nc3-c3ccccc3Cl)cc2)c1.Cc1cccc(-c2ccc(-n3cc(C)nc3C(C)(C)c3ccccc3Cl)cc2)c1. The summed E-state index contributed by atoms with van der Waals surface area (Å²) in [6.07, 6.45) is 4.13. The molecule has 0 saturated carbocycles.